The number of ether oxygens (including phenoxy) is 2. The normalized spacial score (nSPS) is 15.9. The number of nitrogens with zero attached hydrogens (tertiary/aromatic N) is 1. The Morgan fingerprint density at radius 1 is 1.10 bits per heavy atom. The van der Waals surface area contributed by atoms with Crippen LogP contribution in [0.5, 0.6) is 11.5 Å². The summed E-state index contributed by atoms with van der Waals surface area (Å²) in [6, 6.07) is -1.42. The minimum atomic E-state index is -4.58. The number of hydrogen-bond acceptors (Lipinski definition) is 4. The number of carboxylic acid groups (broad SMARTS) is 1. The molecule has 31 heavy (non-hydrogen) atoms. The zero-order chi connectivity index (χ0) is 23.4. The molecule has 1 atom stereocenters. The topological polar surface area (TPSA) is 76.1 Å². The summed E-state index contributed by atoms with van der Waals surface area (Å²) in [4.78, 5) is 23.3. The van der Waals surface area contributed by atoms with Gasteiger partial charge in [-0.05, 0) is 13.0 Å². The summed E-state index contributed by atoms with van der Waals surface area (Å²) in [7, 11) is 0.716. The van der Waals surface area contributed by atoms with E-state index in [9.17, 15) is 40.3 Å². The largest absolute Gasteiger partial charge is 0.491 e. The molecule has 166 valence electrons. The highest BCUT2D eigenvalue weighted by atomic mass is 19.3. The van der Waals surface area contributed by atoms with E-state index >= 15 is 0 Å². The van der Waals surface area contributed by atoms with Gasteiger partial charge in [-0.3, -0.25) is 9.69 Å². The molecule has 1 aliphatic rings. The Bertz CT molecular complexity index is 1090. The molecule has 0 saturated heterocycles. The first-order valence-corrected chi connectivity index (χ1v) is 8.20. The minimum Gasteiger partial charge on any atom is -0.491 e. The zero-order valence-electron chi connectivity index (χ0n) is 15.4. The lowest BCUT2D eigenvalue weighted by Gasteiger charge is -2.35. The van der Waals surface area contributed by atoms with Gasteiger partial charge in [0.15, 0.2) is 23.1 Å². The van der Waals surface area contributed by atoms with Crippen molar-refractivity contribution in [1.82, 2.24) is 0 Å². The maximum absolute atomic E-state index is 14.6. The molecular weight excluding hydrogens is 443 g/mol. The Kier molecular flexibility index (Phi) is 5.24. The van der Waals surface area contributed by atoms with Crippen molar-refractivity contribution < 1.29 is 54.9 Å². The third-order valence-corrected chi connectivity index (χ3v) is 4.46. The summed E-state index contributed by atoms with van der Waals surface area (Å²) in [6.45, 7) is 0.822. The fraction of sp³-hybridized carbons (Fsp3) is 0.222. The van der Waals surface area contributed by atoms with Gasteiger partial charge in [0.25, 0.3) is 0 Å². The number of halogens is 7. The number of carbonyl (C=O) groups excluding carboxylic acids is 1. The second-order valence-corrected chi connectivity index (χ2v) is 6.27. The van der Waals surface area contributed by atoms with Crippen LogP contribution >= 0.6 is 0 Å². The van der Waals surface area contributed by atoms with E-state index in [1.165, 1.54) is 0 Å². The Balaban J connectivity index is 2.34. The summed E-state index contributed by atoms with van der Waals surface area (Å²) in [5.41, 5.74) is -3.60. The van der Waals surface area contributed by atoms with Crippen molar-refractivity contribution in [3.63, 3.8) is 0 Å². The van der Waals surface area contributed by atoms with E-state index in [0.29, 0.717) is 13.2 Å². The quantitative estimate of drug-likeness (QED) is 0.563. The van der Waals surface area contributed by atoms with Crippen LogP contribution in [0.4, 0.5) is 36.4 Å². The predicted molar refractivity (Wildman–Crippen MR) is 88.4 cm³/mol. The number of rotatable bonds is 4. The van der Waals surface area contributed by atoms with E-state index < -0.39 is 81.4 Å². The molecule has 1 amide bonds. The van der Waals surface area contributed by atoms with Crippen molar-refractivity contribution in [3.8, 4) is 22.6 Å². The fourth-order valence-electron chi connectivity index (χ4n) is 2.96. The molecule has 1 N–H and O–H groups in total. The van der Waals surface area contributed by atoms with Gasteiger partial charge in [0.1, 0.15) is 11.9 Å². The van der Waals surface area contributed by atoms with E-state index in [0.717, 1.165) is 6.92 Å². The van der Waals surface area contributed by atoms with Crippen molar-refractivity contribution in [1.29, 1.82) is 0 Å². The zero-order valence-corrected chi connectivity index (χ0v) is 15.4. The lowest BCUT2D eigenvalue weighted by atomic mass is 10.00. The molecule has 0 aromatic heterocycles. The van der Waals surface area contributed by atoms with Gasteiger partial charge in [0, 0.05) is 11.6 Å². The van der Waals surface area contributed by atoms with Crippen molar-refractivity contribution in [2.24, 2.45) is 0 Å². The van der Waals surface area contributed by atoms with Gasteiger partial charge in [-0.1, -0.05) is 0 Å². The van der Waals surface area contributed by atoms with Crippen molar-refractivity contribution in [3.05, 3.63) is 41.2 Å². The van der Waals surface area contributed by atoms with Gasteiger partial charge in [-0.15, -0.1) is 0 Å². The molecule has 0 spiro atoms. The van der Waals surface area contributed by atoms with Crippen LogP contribution in [0, 0.1) is 29.1 Å². The highest BCUT2D eigenvalue weighted by molar-refractivity contribution is 6.05. The minimum absolute atomic E-state index is 0.00382. The molecule has 0 fully saturated rings. The molecule has 13 heteroatoms. The first-order chi connectivity index (χ1) is 14.3. The maximum Gasteiger partial charge on any atom is 0.483 e. The predicted octanol–water partition coefficient (Wildman–Crippen LogP) is 3.85. The van der Waals surface area contributed by atoms with E-state index in [-0.39, 0.29) is 11.0 Å². The molecule has 2 aromatic carbocycles. The lowest BCUT2D eigenvalue weighted by molar-refractivity contribution is -0.193. The van der Waals surface area contributed by atoms with Crippen molar-refractivity contribution in [2.75, 3.05) is 12.0 Å². The molecule has 0 saturated carbocycles. The van der Waals surface area contributed by atoms with Gasteiger partial charge >= 0.3 is 18.0 Å². The average molecular weight is 453 g/mol. The molecule has 2 aromatic rings. The summed E-state index contributed by atoms with van der Waals surface area (Å²) < 4.78 is 107. The number of aliphatic carboxylic acids is 1. The second-order valence-electron chi connectivity index (χ2n) is 6.27. The fourth-order valence-corrected chi connectivity index (χ4v) is 2.96. The summed E-state index contributed by atoms with van der Waals surface area (Å²) in [6.07, 6.45) is -4.58. The average Bonchev–Trinajstić information content (AvgIpc) is 2.68. The number of carbonyl (C=O) groups is 2. The van der Waals surface area contributed by atoms with Gasteiger partial charge in [0.05, 0.1) is 18.4 Å². The number of carboxylic acids is 1. The number of benzene rings is 2. The summed E-state index contributed by atoms with van der Waals surface area (Å²) >= 11 is 0. The number of alkyl halides is 2. The SMILES string of the molecule is COc1c(F)c(F)c(-c2cc3c(cc2F)OC(F)(F)C(=O)N3C(C)C(=O)O)c(F)c1F. The molecule has 0 aliphatic carbocycles. The number of anilines is 1. The van der Waals surface area contributed by atoms with E-state index in [1.54, 1.807) is 0 Å². The van der Waals surface area contributed by atoms with E-state index in [4.69, 9.17) is 5.11 Å². The smallest absolute Gasteiger partial charge is 0.483 e. The summed E-state index contributed by atoms with van der Waals surface area (Å²) in [5, 5.41) is 9.12. The third-order valence-electron chi connectivity index (χ3n) is 4.46. The van der Waals surface area contributed by atoms with Gasteiger partial charge < -0.3 is 14.6 Å². The maximum atomic E-state index is 14.6. The van der Waals surface area contributed by atoms with Crippen LogP contribution in [-0.2, 0) is 9.59 Å². The molecule has 1 aliphatic heterocycles. The molecule has 6 nitrogen and oxygen atoms in total. The Labute approximate surface area is 168 Å². The Morgan fingerprint density at radius 3 is 2.13 bits per heavy atom. The van der Waals surface area contributed by atoms with Crippen molar-refractivity contribution >= 4 is 17.6 Å². The van der Waals surface area contributed by atoms with Crippen LogP contribution in [0.1, 0.15) is 6.92 Å². The first kappa shape index (κ1) is 22.2. The molecule has 0 bridgehead atoms. The van der Waals surface area contributed by atoms with Crippen LogP contribution in [0.25, 0.3) is 11.1 Å². The monoisotopic (exact) mass is 453 g/mol. The standard InChI is InChI=1S/C18H10F7NO5/c1-5(16(27)28)26-8-3-6(7(19)4-9(8)31-18(24,25)17(26)29)10-11(20)13(22)15(30-2)14(23)12(10)21/h3-5H,1-2H3,(H,27,28). The molecule has 1 unspecified atom stereocenters. The number of hydrogen-bond donors (Lipinski definition) is 1. The highest BCUT2D eigenvalue weighted by Gasteiger charge is 2.53. The molecular formula is C18H10F7NO5. The number of amides is 1. The van der Waals surface area contributed by atoms with Crippen LogP contribution in [0.3, 0.4) is 0 Å². The van der Waals surface area contributed by atoms with Gasteiger partial charge in [0.2, 0.25) is 11.6 Å². The molecule has 0 radical (unpaired) electrons. The number of fused-ring (bicyclic) bond motifs is 1. The van der Waals surface area contributed by atoms with Crippen LogP contribution in [0.2, 0.25) is 0 Å². The van der Waals surface area contributed by atoms with E-state index in [1.807, 2.05) is 0 Å². The van der Waals surface area contributed by atoms with Crippen LogP contribution in [-0.4, -0.2) is 36.2 Å². The third kappa shape index (κ3) is 3.29. The second kappa shape index (κ2) is 7.32. The number of methoxy groups -OCH3 is 1. The Hall–Kier alpha value is -3.51. The Morgan fingerprint density at radius 2 is 1.65 bits per heavy atom. The first-order valence-electron chi connectivity index (χ1n) is 8.20. The van der Waals surface area contributed by atoms with Crippen molar-refractivity contribution in [2.45, 2.75) is 19.1 Å². The highest BCUT2D eigenvalue weighted by Crippen LogP contribution is 2.45. The summed E-state index contributed by atoms with van der Waals surface area (Å²) in [5.74, 6) is -16.3. The van der Waals surface area contributed by atoms with Gasteiger partial charge in [-0.25, -0.2) is 18.0 Å². The molecule has 3 rings (SSSR count). The van der Waals surface area contributed by atoms with E-state index in [2.05, 4.69) is 9.47 Å². The lowest BCUT2D eigenvalue weighted by Crippen LogP contribution is -2.55. The van der Waals surface area contributed by atoms with Gasteiger partial charge in [-0.2, -0.15) is 17.6 Å². The van der Waals surface area contributed by atoms with Crippen LogP contribution in [0.15, 0.2) is 12.1 Å². The molecule has 1 heterocycles. The van der Waals surface area contributed by atoms with Crippen LogP contribution < -0.4 is 14.4 Å².